The Labute approximate surface area is 120 Å². The molecule has 1 aromatic heterocycles. The zero-order valence-electron chi connectivity index (χ0n) is 10.4. The predicted molar refractivity (Wildman–Crippen MR) is 72.7 cm³/mol. The summed E-state index contributed by atoms with van der Waals surface area (Å²) in [6, 6.07) is 4.93. The van der Waals surface area contributed by atoms with Gasteiger partial charge in [-0.1, -0.05) is 23.2 Å². The highest BCUT2D eigenvalue weighted by molar-refractivity contribution is 6.35. The largest absolute Gasteiger partial charge is 0.461 e. The number of carbonyl (C=O) groups excluding carboxylic acids is 1. The van der Waals surface area contributed by atoms with Crippen molar-refractivity contribution in [1.29, 1.82) is 0 Å². The number of rotatable bonds is 3. The van der Waals surface area contributed by atoms with E-state index in [1.54, 1.807) is 32.0 Å². The molecule has 0 saturated heterocycles. The number of ether oxygens (including phenoxy) is 1. The van der Waals surface area contributed by atoms with Crippen molar-refractivity contribution in [2.75, 3.05) is 6.61 Å². The van der Waals surface area contributed by atoms with Crippen molar-refractivity contribution in [2.45, 2.75) is 13.8 Å². The molecule has 0 N–H and O–H groups in total. The Morgan fingerprint density at radius 1 is 1.32 bits per heavy atom. The van der Waals surface area contributed by atoms with Crippen LogP contribution >= 0.6 is 23.2 Å². The summed E-state index contributed by atoms with van der Waals surface area (Å²) >= 11 is 11.8. The first-order valence-corrected chi connectivity index (χ1v) is 6.38. The maximum absolute atomic E-state index is 11.6. The van der Waals surface area contributed by atoms with Gasteiger partial charge in [0.25, 0.3) is 0 Å². The molecule has 6 heteroatoms. The number of oxazole rings is 1. The molecular formula is C13H11Cl2NO3. The minimum atomic E-state index is -0.511. The Hall–Kier alpha value is -1.52. The highest BCUT2D eigenvalue weighted by Crippen LogP contribution is 2.28. The van der Waals surface area contributed by atoms with Gasteiger partial charge in [-0.15, -0.1) is 0 Å². The van der Waals surface area contributed by atoms with E-state index in [-0.39, 0.29) is 18.2 Å². The van der Waals surface area contributed by atoms with Crippen LogP contribution in [0.3, 0.4) is 0 Å². The molecule has 0 fully saturated rings. The lowest BCUT2D eigenvalue weighted by Gasteiger charge is -1.98. The number of hydrogen-bond donors (Lipinski definition) is 0. The summed E-state index contributed by atoms with van der Waals surface area (Å²) in [5.74, 6) is 0.164. The van der Waals surface area contributed by atoms with Crippen molar-refractivity contribution in [3.05, 3.63) is 39.7 Å². The van der Waals surface area contributed by atoms with Crippen molar-refractivity contribution >= 4 is 29.2 Å². The Morgan fingerprint density at radius 3 is 2.53 bits per heavy atom. The molecular weight excluding hydrogens is 289 g/mol. The fraction of sp³-hybridized carbons (Fsp3) is 0.231. The Balaban J connectivity index is 2.41. The molecule has 0 aliphatic heterocycles. The van der Waals surface area contributed by atoms with Crippen LogP contribution in [-0.4, -0.2) is 17.6 Å². The number of carbonyl (C=O) groups is 1. The molecule has 0 atom stereocenters. The van der Waals surface area contributed by atoms with Crippen LogP contribution in [0.1, 0.15) is 23.2 Å². The first-order chi connectivity index (χ1) is 9.01. The third-order valence-corrected chi connectivity index (χ3v) is 2.81. The summed E-state index contributed by atoms with van der Waals surface area (Å²) in [6.07, 6.45) is 0. The van der Waals surface area contributed by atoms with Gasteiger partial charge in [0.05, 0.1) is 6.61 Å². The maximum Gasteiger partial charge on any atom is 0.360 e. The van der Waals surface area contributed by atoms with E-state index < -0.39 is 5.97 Å². The van der Waals surface area contributed by atoms with Crippen LogP contribution in [0.25, 0.3) is 11.5 Å². The van der Waals surface area contributed by atoms with E-state index in [9.17, 15) is 4.79 Å². The molecule has 0 radical (unpaired) electrons. The van der Waals surface area contributed by atoms with Crippen molar-refractivity contribution in [1.82, 2.24) is 4.98 Å². The highest BCUT2D eigenvalue weighted by Gasteiger charge is 2.19. The first kappa shape index (κ1) is 13.9. The molecule has 1 heterocycles. The summed E-state index contributed by atoms with van der Waals surface area (Å²) in [6.45, 7) is 3.66. The van der Waals surface area contributed by atoms with Gasteiger partial charge in [-0.3, -0.25) is 0 Å². The summed E-state index contributed by atoms with van der Waals surface area (Å²) < 4.78 is 10.3. The van der Waals surface area contributed by atoms with Crippen LogP contribution in [0, 0.1) is 6.92 Å². The monoisotopic (exact) mass is 299 g/mol. The second kappa shape index (κ2) is 5.63. The molecule has 0 saturated carbocycles. The van der Waals surface area contributed by atoms with Gasteiger partial charge in [0, 0.05) is 15.6 Å². The number of hydrogen-bond acceptors (Lipinski definition) is 4. The van der Waals surface area contributed by atoms with Crippen LogP contribution in [0.2, 0.25) is 10.0 Å². The van der Waals surface area contributed by atoms with Crippen LogP contribution in [-0.2, 0) is 4.74 Å². The Bertz CT molecular complexity index is 602. The summed E-state index contributed by atoms with van der Waals surface area (Å²) in [7, 11) is 0. The lowest BCUT2D eigenvalue weighted by Crippen LogP contribution is -2.06. The van der Waals surface area contributed by atoms with E-state index in [4.69, 9.17) is 32.4 Å². The zero-order chi connectivity index (χ0) is 14.0. The second-order valence-corrected chi connectivity index (χ2v) is 4.68. The first-order valence-electron chi connectivity index (χ1n) is 5.62. The molecule has 0 aliphatic carbocycles. The van der Waals surface area contributed by atoms with E-state index in [2.05, 4.69) is 4.98 Å². The molecule has 0 unspecified atom stereocenters. The van der Waals surface area contributed by atoms with Gasteiger partial charge in [0.15, 0.2) is 5.69 Å². The van der Waals surface area contributed by atoms with Crippen molar-refractivity contribution < 1.29 is 13.9 Å². The fourth-order valence-corrected chi connectivity index (χ4v) is 2.11. The lowest BCUT2D eigenvalue weighted by atomic mass is 10.2. The number of aryl methyl sites for hydroxylation is 1. The topological polar surface area (TPSA) is 52.3 Å². The van der Waals surface area contributed by atoms with Gasteiger partial charge < -0.3 is 9.15 Å². The molecule has 2 aromatic rings. The molecule has 19 heavy (non-hydrogen) atoms. The van der Waals surface area contributed by atoms with E-state index in [0.29, 0.717) is 21.4 Å². The summed E-state index contributed by atoms with van der Waals surface area (Å²) in [4.78, 5) is 15.8. The molecule has 4 nitrogen and oxygen atoms in total. The highest BCUT2D eigenvalue weighted by atomic mass is 35.5. The number of benzene rings is 1. The number of nitrogens with zero attached hydrogens (tertiary/aromatic N) is 1. The van der Waals surface area contributed by atoms with Gasteiger partial charge in [-0.2, -0.15) is 0 Å². The predicted octanol–water partition coefficient (Wildman–Crippen LogP) is 4.13. The van der Waals surface area contributed by atoms with Crippen molar-refractivity contribution in [2.24, 2.45) is 0 Å². The Morgan fingerprint density at radius 2 is 1.95 bits per heavy atom. The molecule has 0 spiro atoms. The quantitative estimate of drug-likeness (QED) is 0.800. The zero-order valence-corrected chi connectivity index (χ0v) is 11.9. The number of aromatic nitrogens is 1. The third-order valence-electron chi connectivity index (χ3n) is 2.37. The SMILES string of the molecule is CCOC(=O)c1nc(-c2cc(Cl)cc(Cl)c2)oc1C. The average molecular weight is 300 g/mol. The molecule has 2 rings (SSSR count). The maximum atomic E-state index is 11.6. The summed E-state index contributed by atoms with van der Waals surface area (Å²) in [5.41, 5.74) is 0.768. The van der Waals surface area contributed by atoms with Crippen LogP contribution in [0.4, 0.5) is 0 Å². The van der Waals surface area contributed by atoms with Crippen LogP contribution in [0.15, 0.2) is 22.6 Å². The minimum absolute atomic E-state index is 0.160. The smallest absolute Gasteiger partial charge is 0.360 e. The fourth-order valence-electron chi connectivity index (χ4n) is 1.59. The van der Waals surface area contributed by atoms with Crippen molar-refractivity contribution in [3.63, 3.8) is 0 Å². The Kier molecular flexibility index (Phi) is 4.12. The normalized spacial score (nSPS) is 10.5. The van der Waals surface area contributed by atoms with E-state index in [1.165, 1.54) is 0 Å². The van der Waals surface area contributed by atoms with E-state index >= 15 is 0 Å². The molecule has 0 bridgehead atoms. The van der Waals surface area contributed by atoms with E-state index in [1.807, 2.05) is 0 Å². The molecule has 100 valence electrons. The van der Waals surface area contributed by atoms with Gasteiger partial charge in [0.2, 0.25) is 5.89 Å². The average Bonchev–Trinajstić information content (AvgIpc) is 2.70. The standard InChI is InChI=1S/C13H11Cl2NO3/c1-3-18-13(17)11-7(2)19-12(16-11)8-4-9(14)6-10(15)5-8/h4-6H,3H2,1-2H3. The number of halogens is 2. The van der Waals surface area contributed by atoms with Crippen LogP contribution in [0.5, 0.6) is 0 Å². The van der Waals surface area contributed by atoms with Gasteiger partial charge in [-0.05, 0) is 32.0 Å². The van der Waals surface area contributed by atoms with Gasteiger partial charge in [-0.25, -0.2) is 9.78 Å². The summed E-state index contributed by atoms with van der Waals surface area (Å²) in [5, 5.41) is 0.937. The van der Waals surface area contributed by atoms with Crippen LogP contribution < -0.4 is 0 Å². The second-order valence-electron chi connectivity index (χ2n) is 3.80. The van der Waals surface area contributed by atoms with Gasteiger partial charge >= 0.3 is 5.97 Å². The molecule has 1 aromatic carbocycles. The lowest BCUT2D eigenvalue weighted by molar-refractivity contribution is 0.0518. The molecule has 0 amide bonds. The minimum Gasteiger partial charge on any atom is -0.461 e. The van der Waals surface area contributed by atoms with Crippen molar-refractivity contribution in [3.8, 4) is 11.5 Å². The number of esters is 1. The van der Waals surface area contributed by atoms with Gasteiger partial charge in [0.1, 0.15) is 5.76 Å². The van der Waals surface area contributed by atoms with E-state index in [0.717, 1.165) is 0 Å². The third kappa shape index (κ3) is 3.08. The molecule has 0 aliphatic rings.